The molecule has 5 heteroatoms. The van der Waals surface area contributed by atoms with Gasteiger partial charge in [-0.15, -0.1) is 0 Å². The zero-order valence-corrected chi connectivity index (χ0v) is 17.4. The van der Waals surface area contributed by atoms with Gasteiger partial charge < -0.3 is 9.84 Å². The number of hydrogen-bond acceptors (Lipinski definition) is 4. The molecule has 0 unspecified atom stereocenters. The maximum absolute atomic E-state index is 9.97. The van der Waals surface area contributed by atoms with Crippen molar-refractivity contribution >= 4 is 0 Å². The van der Waals surface area contributed by atoms with Gasteiger partial charge in [-0.25, -0.2) is 4.68 Å². The maximum Gasteiger partial charge on any atom is 0.227 e. The van der Waals surface area contributed by atoms with Gasteiger partial charge >= 0.3 is 0 Å². The summed E-state index contributed by atoms with van der Waals surface area (Å²) in [6.45, 7) is 7.32. The summed E-state index contributed by atoms with van der Waals surface area (Å²) in [5.74, 6) is 1.55. The molecule has 5 nitrogen and oxygen atoms in total. The lowest BCUT2D eigenvalue weighted by molar-refractivity contribution is 0.117. The van der Waals surface area contributed by atoms with Crippen LogP contribution in [0.5, 0.6) is 11.6 Å². The summed E-state index contributed by atoms with van der Waals surface area (Å²) in [6.07, 6.45) is 2.01. The molecular weight excluding hydrogens is 362 g/mol. The predicted octanol–water partition coefficient (Wildman–Crippen LogP) is 4.63. The molecule has 1 aliphatic rings. The molecule has 1 atom stereocenters. The van der Waals surface area contributed by atoms with E-state index in [1.54, 1.807) is 0 Å². The Morgan fingerprint density at radius 2 is 1.90 bits per heavy atom. The van der Waals surface area contributed by atoms with Crippen molar-refractivity contribution in [2.24, 2.45) is 0 Å². The highest BCUT2D eigenvalue weighted by Crippen LogP contribution is 2.35. The molecule has 29 heavy (non-hydrogen) atoms. The van der Waals surface area contributed by atoms with Gasteiger partial charge in [0.15, 0.2) is 0 Å². The van der Waals surface area contributed by atoms with Gasteiger partial charge in [0.1, 0.15) is 5.75 Å². The Morgan fingerprint density at radius 1 is 1.14 bits per heavy atom. The third-order valence-corrected chi connectivity index (χ3v) is 5.27. The van der Waals surface area contributed by atoms with Crippen molar-refractivity contribution in [2.75, 3.05) is 6.54 Å². The van der Waals surface area contributed by atoms with Crippen LogP contribution in [0.3, 0.4) is 0 Å². The topological polar surface area (TPSA) is 50.5 Å². The highest BCUT2D eigenvalue weighted by molar-refractivity contribution is 5.43. The fraction of sp³-hybridized carbons (Fsp3) is 0.375. The first-order valence-electron chi connectivity index (χ1n) is 10.3. The third-order valence-electron chi connectivity index (χ3n) is 5.27. The fourth-order valence-electron chi connectivity index (χ4n) is 3.68. The molecule has 0 amide bonds. The molecule has 1 heterocycles. The first kappa shape index (κ1) is 19.7. The zero-order chi connectivity index (χ0) is 20.4. The zero-order valence-electron chi connectivity index (χ0n) is 17.4. The summed E-state index contributed by atoms with van der Waals surface area (Å²) in [4.78, 5) is 2.35. The van der Waals surface area contributed by atoms with E-state index in [2.05, 4.69) is 17.9 Å². The predicted molar refractivity (Wildman–Crippen MR) is 115 cm³/mol. The third kappa shape index (κ3) is 4.69. The maximum atomic E-state index is 9.97. The molecule has 1 aliphatic carbocycles. The van der Waals surface area contributed by atoms with Crippen LogP contribution in [0.25, 0.3) is 5.69 Å². The van der Waals surface area contributed by atoms with Gasteiger partial charge in [0.05, 0.1) is 23.0 Å². The minimum absolute atomic E-state index is 0.360. The van der Waals surface area contributed by atoms with Crippen molar-refractivity contribution < 1.29 is 9.84 Å². The second kappa shape index (κ2) is 8.39. The molecule has 1 N–H and O–H groups in total. The molecule has 3 aromatic rings. The molecule has 1 saturated carbocycles. The van der Waals surface area contributed by atoms with Gasteiger partial charge in [-0.05, 0) is 63.4 Å². The van der Waals surface area contributed by atoms with Crippen molar-refractivity contribution in [1.29, 1.82) is 0 Å². The van der Waals surface area contributed by atoms with E-state index in [1.165, 1.54) is 12.8 Å². The second-order valence-corrected chi connectivity index (χ2v) is 8.04. The number of aryl methyl sites for hydroxylation is 2. The lowest BCUT2D eigenvalue weighted by atomic mass is 10.2. The quantitative estimate of drug-likeness (QED) is 0.608. The van der Waals surface area contributed by atoms with E-state index in [1.807, 2.05) is 67.1 Å². The number of ether oxygens (including phenoxy) is 1. The van der Waals surface area contributed by atoms with E-state index in [0.29, 0.717) is 12.6 Å². The summed E-state index contributed by atoms with van der Waals surface area (Å²) in [5.41, 5.74) is 4.15. The van der Waals surface area contributed by atoms with Crippen LogP contribution in [-0.4, -0.2) is 38.5 Å². The van der Waals surface area contributed by atoms with Gasteiger partial charge in [0.2, 0.25) is 5.88 Å². The summed E-state index contributed by atoms with van der Waals surface area (Å²) in [5, 5.41) is 14.8. The number of para-hydroxylation sites is 1. The van der Waals surface area contributed by atoms with E-state index >= 15 is 0 Å². The Kier molecular flexibility index (Phi) is 5.69. The van der Waals surface area contributed by atoms with Crippen LogP contribution in [-0.2, 0) is 6.54 Å². The number of nitrogens with zero attached hydrogens (tertiary/aromatic N) is 3. The van der Waals surface area contributed by atoms with Gasteiger partial charge in [0, 0.05) is 19.1 Å². The standard InChI is InChI=1S/C24H29N3O2/c1-17-8-7-11-22(14-17)29-24-23(16-26(15-18(2)28)20-12-13-20)19(3)25-27(24)21-9-5-4-6-10-21/h4-11,14,18,20,28H,12-13,15-16H2,1-3H3/t18-/m1/s1. The Hall–Kier alpha value is -2.63. The van der Waals surface area contributed by atoms with Crippen LogP contribution in [0.1, 0.15) is 36.6 Å². The fourth-order valence-corrected chi connectivity index (χ4v) is 3.68. The van der Waals surface area contributed by atoms with Crippen LogP contribution in [0.4, 0.5) is 0 Å². The molecule has 0 bridgehead atoms. The van der Waals surface area contributed by atoms with Crippen molar-refractivity contribution in [3.63, 3.8) is 0 Å². The Balaban J connectivity index is 1.74. The van der Waals surface area contributed by atoms with E-state index in [-0.39, 0.29) is 6.10 Å². The van der Waals surface area contributed by atoms with E-state index < -0.39 is 0 Å². The van der Waals surface area contributed by atoms with Crippen LogP contribution in [0.15, 0.2) is 54.6 Å². The lowest BCUT2D eigenvalue weighted by Gasteiger charge is -2.24. The normalized spacial score (nSPS) is 14.9. The molecule has 4 rings (SSSR count). The largest absolute Gasteiger partial charge is 0.439 e. The van der Waals surface area contributed by atoms with Crippen molar-refractivity contribution in [3.8, 4) is 17.3 Å². The molecule has 2 aromatic carbocycles. The molecule has 0 spiro atoms. The Labute approximate surface area is 172 Å². The van der Waals surface area contributed by atoms with Gasteiger partial charge in [-0.3, -0.25) is 4.90 Å². The Morgan fingerprint density at radius 3 is 2.55 bits per heavy atom. The number of rotatable bonds is 8. The van der Waals surface area contributed by atoms with Crippen LogP contribution >= 0.6 is 0 Å². The average molecular weight is 392 g/mol. The molecule has 1 fully saturated rings. The molecule has 0 saturated heterocycles. The minimum Gasteiger partial charge on any atom is -0.439 e. The van der Waals surface area contributed by atoms with Gasteiger partial charge in [-0.2, -0.15) is 5.10 Å². The monoisotopic (exact) mass is 391 g/mol. The highest BCUT2D eigenvalue weighted by Gasteiger charge is 2.32. The summed E-state index contributed by atoms with van der Waals surface area (Å²) in [6, 6.07) is 18.7. The summed E-state index contributed by atoms with van der Waals surface area (Å²) >= 11 is 0. The number of benzene rings is 2. The lowest BCUT2D eigenvalue weighted by Crippen LogP contribution is -2.32. The average Bonchev–Trinajstić information content (AvgIpc) is 3.49. The number of aromatic nitrogens is 2. The minimum atomic E-state index is -0.360. The van der Waals surface area contributed by atoms with Crippen LogP contribution in [0.2, 0.25) is 0 Å². The summed E-state index contributed by atoms with van der Waals surface area (Å²) in [7, 11) is 0. The van der Waals surface area contributed by atoms with Gasteiger partial charge in [0.25, 0.3) is 0 Å². The van der Waals surface area contributed by atoms with Crippen molar-refractivity contribution in [1.82, 2.24) is 14.7 Å². The van der Waals surface area contributed by atoms with Crippen molar-refractivity contribution in [3.05, 3.63) is 71.4 Å². The first-order valence-corrected chi connectivity index (χ1v) is 10.3. The second-order valence-electron chi connectivity index (χ2n) is 8.04. The van der Waals surface area contributed by atoms with Crippen molar-refractivity contribution in [2.45, 2.75) is 52.3 Å². The highest BCUT2D eigenvalue weighted by atomic mass is 16.5. The van der Waals surface area contributed by atoms with E-state index in [9.17, 15) is 5.11 Å². The molecular formula is C24H29N3O2. The Bertz CT molecular complexity index is 962. The van der Waals surface area contributed by atoms with Crippen LogP contribution < -0.4 is 4.74 Å². The summed E-state index contributed by atoms with van der Waals surface area (Å²) < 4.78 is 8.30. The number of hydrogen-bond donors (Lipinski definition) is 1. The smallest absolute Gasteiger partial charge is 0.227 e. The van der Waals surface area contributed by atoms with E-state index in [0.717, 1.165) is 40.7 Å². The van der Waals surface area contributed by atoms with Crippen LogP contribution in [0, 0.1) is 13.8 Å². The number of aliphatic hydroxyl groups excluding tert-OH is 1. The SMILES string of the molecule is Cc1cccc(Oc2c(CN(C[C@@H](C)O)C3CC3)c(C)nn2-c2ccccc2)c1. The first-order chi connectivity index (χ1) is 14.0. The molecule has 152 valence electrons. The van der Waals surface area contributed by atoms with E-state index in [4.69, 9.17) is 9.84 Å². The molecule has 1 aromatic heterocycles. The molecule has 0 radical (unpaired) electrons. The molecule has 0 aliphatic heterocycles. The number of aliphatic hydroxyl groups is 1. The van der Waals surface area contributed by atoms with Gasteiger partial charge in [-0.1, -0.05) is 30.3 Å².